The van der Waals surface area contributed by atoms with Crippen LogP contribution in [0.5, 0.6) is 0 Å². The Morgan fingerprint density at radius 3 is 2.53 bits per heavy atom. The Kier molecular flexibility index (Phi) is 1.93. The van der Waals surface area contributed by atoms with Crippen molar-refractivity contribution in [3.63, 3.8) is 0 Å². The Labute approximate surface area is 89.2 Å². The molecule has 78 valence electrons. The largest absolute Gasteiger partial charge is 0.299 e. The first-order chi connectivity index (χ1) is 7.24. The number of rotatable bonds is 1. The van der Waals surface area contributed by atoms with Crippen LogP contribution >= 0.6 is 0 Å². The zero-order valence-corrected chi connectivity index (χ0v) is 8.78. The van der Waals surface area contributed by atoms with Crippen molar-refractivity contribution in [2.75, 3.05) is 13.6 Å². The highest BCUT2D eigenvalue weighted by Crippen LogP contribution is 2.41. The summed E-state index contributed by atoms with van der Waals surface area (Å²) in [6.45, 7) is 1.15. The van der Waals surface area contributed by atoms with Gasteiger partial charge in [0.2, 0.25) is 0 Å². The summed E-state index contributed by atoms with van der Waals surface area (Å²) in [6.07, 6.45) is 3.57. The predicted octanol–water partition coefficient (Wildman–Crippen LogP) is 2.54. The lowest BCUT2D eigenvalue weighted by molar-refractivity contribution is 0.347. The summed E-state index contributed by atoms with van der Waals surface area (Å²) in [4.78, 5) is 2.39. The SMILES string of the molecule is CN1CC2CC1C=C2c1ccc(F)cc1. The van der Waals surface area contributed by atoms with Crippen molar-refractivity contribution >= 4 is 5.57 Å². The average molecular weight is 203 g/mol. The Balaban J connectivity index is 1.94. The van der Waals surface area contributed by atoms with Crippen LogP contribution in [-0.4, -0.2) is 24.5 Å². The molecule has 2 bridgehead atoms. The third-order valence-corrected chi connectivity index (χ3v) is 3.59. The second-order valence-electron chi connectivity index (χ2n) is 4.57. The summed E-state index contributed by atoms with van der Waals surface area (Å²) in [7, 11) is 2.17. The van der Waals surface area contributed by atoms with Gasteiger partial charge < -0.3 is 0 Å². The molecule has 0 radical (unpaired) electrons. The minimum absolute atomic E-state index is 0.153. The van der Waals surface area contributed by atoms with Crippen LogP contribution in [0, 0.1) is 11.7 Å². The highest BCUT2D eigenvalue weighted by Gasteiger charge is 2.36. The van der Waals surface area contributed by atoms with Crippen LogP contribution in [0.25, 0.3) is 5.57 Å². The van der Waals surface area contributed by atoms with Gasteiger partial charge in [-0.15, -0.1) is 0 Å². The van der Waals surface area contributed by atoms with E-state index in [1.807, 2.05) is 12.1 Å². The Morgan fingerprint density at radius 1 is 1.27 bits per heavy atom. The summed E-state index contributed by atoms with van der Waals surface area (Å²) in [6, 6.07) is 7.48. The Morgan fingerprint density at radius 2 is 2.00 bits per heavy atom. The van der Waals surface area contributed by atoms with Crippen LogP contribution in [-0.2, 0) is 0 Å². The molecule has 1 saturated heterocycles. The van der Waals surface area contributed by atoms with Gasteiger partial charge in [-0.25, -0.2) is 4.39 Å². The van der Waals surface area contributed by atoms with Crippen molar-refractivity contribution < 1.29 is 4.39 Å². The van der Waals surface area contributed by atoms with Crippen molar-refractivity contribution in [1.29, 1.82) is 0 Å². The first-order valence-electron chi connectivity index (χ1n) is 5.42. The molecule has 15 heavy (non-hydrogen) atoms. The molecule has 1 aliphatic heterocycles. The van der Waals surface area contributed by atoms with E-state index in [4.69, 9.17) is 0 Å². The molecule has 2 heteroatoms. The van der Waals surface area contributed by atoms with E-state index in [0.717, 1.165) is 6.54 Å². The molecule has 1 heterocycles. The van der Waals surface area contributed by atoms with E-state index in [2.05, 4.69) is 18.0 Å². The van der Waals surface area contributed by atoms with E-state index in [0.29, 0.717) is 12.0 Å². The van der Waals surface area contributed by atoms with Gasteiger partial charge in [0.05, 0.1) is 0 Å². The van der Waals surface area contributed by atoms with Gasteiger partial charge in [-0.05, 0) is 42.7 Å². The number of hydrogen-bond donors (Lipinski definition) is 0. The molecule has 3 rings (SSSR count). The number of fused-ring (bicyclic) bond motifs is 2. The molecule has 2 unspecified atom stereocenters. The normalized spacial score (nSPS) is 29.6. The molecule has 0 amide bonds. The zero-order chi connectivity index (χ0) is 10.4. The second kappa shape index (κ2) is 3.17. The van der Waals surface area contributed by atoms with Crippen LogP contribution in [0.1, 0.15) is 12.0 Å². The number of nitrogens with zero attached hydrogens (tertiary/aromatic N) is 1. The standard InChI is InChI=1S/C13H14FN/c1-15-8-10-6-12(15)7-13(10)9-2-4-11(14)5-3-9/h2-5,7,10,12H,6,8H2,1H3. The maximum absolute atomic E-state index is 12.8. The number of hydrogen-bond acceptors (Lipinski definition) is 1. The molecule has 0 spiro atoms. The first kappa shape index (κ1) is 9.10. The molecule has 1 nitrogen and oxygen atoms in total. The van der Waals surface area contributed by atoms with Gasteiger partial charge in [0.1, 0.15) is 5.82 Å². The van der Waals surface area contributed by atoms with Gasteiger partial charge in [-0.3, -0.25) is 4.90 Å². The lowest BCUT2D eigenvalue weighted by Crippen LogP contribution is -2.25. The molecule has 2 atom stereocenters. The van der Waals surface area contributed by atoms with Gasteiger partial charge in [-0.2, -0.15) is 0 Å². The summed E-state index contributed by atoms with van der Waals surface area (Å²) in [5, 5.41) is 0. The molecule has 1 aromatic rings. The van der Waals surface area contributed by atoms with Gasteiger partial charge in [0.15, 0.2) is 0 Å². The summed E-state index contributed by atoms with van der Waals surface area (Å²) < 4.78 is 12.8. The van der Waals surface area contributed by atoms with Gasteiger partial charge >= 0.3 is 0 Å². The number of likely N-dealkylation sites (tertiary alicyclic amines) is 1. The quantitative estimate of drug-likeness (QED) is 0.678. The van der Waals surface area contributed by atoms with Crippen LogP contribution < -0.4 is 0 Å². The highest BCUT2D eigenvalue weighted by molar-refractivity contribution is 5.71. The Hall–Kier alpha value is -1.15. The smallest absolute Gasteiger partial charge is 0.123 e. The van der Waals surface area contributed by atoms with E-state index < -0.39 is 0 Å². The average Bonchev–Trinajstić information content (AvgIpc) is 2.77. The van der Waals surface area contributed by atoms with Crippen molar-refractivity contribution in [3.8, 4) is 0 Å². The van der Waals surface area contributed by atoms with Crippen molar-refractivity contribution in [2.24, 2.45) is 5.92 Å². The summed E-state index contributed by atoms with van der Waals surface area (Å²) in [5.41, 5.74) is 2.61. The molecule has 0 N–H and O–H groups in total. The number of halogens is 1. The number of likely N-dealkylation sites (N-methyl/N-ethyl adjacent to an activating group) is 1. The van der Waals surface area contributed by atoms with Gasteiger partial charge in [-0.1, -0.05) is 18.2 Å². The lowest BCUT2D eigenvalue weighted by atomic mass is 9.95. The first-order valence-corrected chi connectivity index (χ1v) is 5.42. The van der Waals surface area contributed by atoms with Crippen LogP contribution in [0.2, 0.25) is 0 Å². The minimum atomic E-state index is -0.153. The van der Waals surface area contributed by atoms with Gasteiger partial charge in [0.25, 0.3) is 0 Å². The van der Waals surface area contributed by atoms with Crippen molar-refractivity contribution in [2.45, 2.75) is 12.5 Å². The third-order valence-electron chi connectivity index (χ3n) is 3.59. The fourth-order valence-electron chi connectivity index (χ4n) is 2.77. The highest BCUT2D eigenvalue weighted by atomic mass is 19.1. The Bertz CT molecular complexity index is 407. The number of benzene rings is 1. The second-order valence-corrected chi connectivity index (χ2v) is 4.57. The minimum Gasteiger partial charge on any atom is -0.299 e. The van der Waals surface area contributed by atoms with E-state index in [1.54, 1.807) is 12.1 Å². The van der Waals surface area contributed by atoms with Crippen LogP contribution in [0.15, 0.2) is 30.3 Å². The molecule has 0 saturated carbocycles. The van der Waals surface area contributed by atoms with E-state index in [-0.39, 0.29) is 5.82 Å². The van der Waals surface area contributed by atoms with E-state index in [9.17, 15) is 4.39 Å². The molecular weight excluding hydrogens is 189 g/mol. The zero-order valence-electron chi connectivity index (χ0n) is 8.78. The lowest BCUT2D eigenvalue weighted by Gasteiger charge is -2.21. The maximum Gasteiger partial charge on any atom is 0.123 e. The monoisotopic (exact) mass is 203 g/mol. The van der Waals surface area contributed by atoms with Gasteiger partial charge in [0, 0.05) is 12.6 Å². The van der Waals surface area contributed by atoms with Crippen molar-refractivity contribution in [3.05, 3.63) is 41.7 Å². The molecule has 1 fully saturated rings. The maximum atomic E-state index is 12.8. The fraction of sp³-hybridized carbons (Fsp3) is 0.385. The summed E-state index contributed by atoms with van der Waals surface area (Å²) >= 11 is 0. The molecular formula is C13H14FN. The van der Waals surface area contributed by atoms with Crippen LogP contribution in [0.4, 0.5) is 4.39 Å². The topological polar surface area (TPSA) is 3.24 Å². The van der Waals surface area contributed by atoms with E-state index >= 15 is 0 Å². The van der Waals surface area contributed by atoms with Crippen LogP contribution in [0.3, 0.4) is 0 Å². The van der Waals surface area contributed by atoms with Crippen molar-refractivity contribution in [1.82, 2.24) is 4.90 Å². The molecule has 0 aromatic heterocycles. The molecule has 1 aliphatic carbocycles. The molecule has 1 aromatic carbocycles. The van der Waals surface area contributed by atoms with E-state index in [1.165, 1.54) is 17.6 Å². The predicted molar refractivity (Wildman–Crippen MR) is 58.9 cm³/mol. The fourth-order valence-corrected chi connectivity index (χ4v) is 2.77. The third kappa shape index (κ3) is 1.40. The summed E-state index contributed by atoms with van der Waals surface area (Å²) in [5.74, 6) is 0.505. The molecule has 2 aliphatic rings.